The summed E-state index contributed by atoms with van der Waals surface area (Å²) in [5, 5.41) is 4.65. The van der Waals surface area contributed by atoms with Crippen molar-refractivity contribution in [3.05, 3.63) is 68.7 Å². The first-order valence-corrected chi connectivity index (χ1v) is 12.7. The topological polar surface area (TPSA) is 49.4 Å². The fourth-order valence-corrected chi connectivity index (χ4v) is 4.82. The summed E-state index contributed by atoms with van der Waals surface area (Å²) in [6, 6.07) is 12.1. The lowest BCUT2D eigenvalue weighted by molar-refractivity contribution is -0.140. The SMILES string of the molecule is CC[C@@H](C(=O)NC(C)(C)C)N(Cc1ccc(Cl)cc1Cl)C(=O)CSCc1ccccc1Cl. The number of carbonyl (C=O) groups is 2. The molecule has 1 atom stereocenters. The van der Waals surface area contributed by atoms with Gasteiger partial charge in [0.2, 0.25) is 11.8 Å². The number of hydrogen-bond donors (Lipinski definition) is 1. The Morgan fingerprint density at radius 2 is 1.72 bits per heavy atom. The lowest BCUT2D eigenvalue weighted by Crippen LogP contribution is -2.53. The van der Waals surface area contributed by atoms with Gasteiger partial charge in [0, 0.05) is 32.9 Å². The van der Waals surface area contributed by atoms with Crippen LogP contribution >= 0.6 is 46.6 Å². The highest BCUT2D eigenvalue weighted by molar-refractivity contribution is 7.99. The normalized spacial score (nSPS) is 12.3. The third-order valence-electron chi connectivity index (χ3n) is 4.68. The number of hydrogen-bond acceptors (Lipinski definition) is 3. The van der Waals surface area contributed by atoms with Crippen LogP contribution in [-0.2, 0) is 21.9 Å². The second kappa shape index (κ2) is 12.2. The highest BCUT2D eigenvalue weighted by atomic mass is 35.5. The number of benzene rings is 2. The van der Waals surface area contributed by atoms with Gasteiger partial charge in [-0.3, -0.25) is 9.59 Å². The van der Waals surface area contributed by atoms with Gasteiger partial charge in [0.25, 0.3) is 0 Å². The summed E-state index contributed by atoms with van der Waals surface area (Å²) in [6.45, 7) is 7.86. The third-order valence-corrected chi connectivity index (χ3v) is 6.60. The Balaban J connectivity index is 2.22. The van der Waals surface area contributed by atoms with Gasteiger partial charge in [-0.1, -0.05) is 66.0 Å². The summed E-state index contributed by atoms with van der Waals surface area (Å²) in [5.74, 6) is 0.500. The van der Waals surface area contributed by atoms with Gasteiger partial charge in [0.1, 0.15) is 6.04 Å². The first-order chi connectivity index (χ1) is 15.0. The largest absolute Gasteiger partial charge is 0.350 e. The molecule has 0 unspecified atom stereocenters. The van der Waals surface area contributed by atoms with Crippen molar-refractivity contribution in [2.24, 2.45) is 0 Å². The molecule has 0 heterocycles. The van der Waals surface area contributed by atoms with Gasteiger partial charge in [-0.2, -0.15) is 0 Å². The van der Waals surface area contributed by atoms with Crippen molar-refractivity contribution in [2.45, 2.75) is 58.0 Å². The van der Waals surface area contributed by atoms with Crippen LogP contribution in [0.4, 0.5) is 0 Å². The maximum atomic E-state index is 13.3. The molecule has 0 fully saturated rings. The third kappa shape index (κ3) is 8.18. The zero-order valence-electron chi connectivity index (χ0n) is 18.8. The van der Waals surface area contributed by atoms with E-state index in [0.717, 1.165) is 11.1 Å². The van der Waals surface area contributed by atoms with Gasteiger partial charge < -0.3 is 10.2 Å². The zero-order chi connectivity index (χ0) is 23.9. The maximum Gasteiger partial charge on any atom is 0.243 e. The number of rotatable bonds is 9. The van der Waals surface area contributed by atoms with Crippen LogP contribution in [0.25, 0.3) is 0 Å². The van der Waals surface area contributed by atoms with Crippen molar-refractivity contribution in [2.75, 3.05) is 5.75 Å². The van der Waals surface area contributed by atoms with E-state index in [2.05, 4.69) is 5.32 Å². The average molecular weight is 516 g/mol. The lowest BCUT2D eigenvalue weighted by atomic mass is 10.1. The number of amides is 2. The van der Waals surface area contributed by atoms with Crippen molar-refractivity contribution >= 4 is 58.4 Å². The Hall–Kier alpha value is -1.40. The maximum absolute atomic E-state index is 13.3. The molecule has 0 aliphatic heterocycles. The molecule has 0 radical (unpaired) electrons. The van der Waals surface area contributed by atoms with Crippen molar-refractivity contribution < 1.29 is 9.59 Å². The number of thioether (sulfide) groups is 1. The Kier molecular flexibility index (Phi) is 10.2. The van der Waals surface area contributed by atoms with E-state index < -0.39 is 11.6 Å². The monoisotopic (exact) mass is 514 g/mol. The first-order valence-electron chi connectivity index (χ1n) is 10.4. The molecular weight excluding hydrogens is 487 g/mol. The Labute approximate surface area is 210 Å². The molecule has 2 aromatic rings. The molecule has 2 rings (SSSR count). The number of nitrogens with one attached hydrogen (secondary N) is 1. The molecule has 32 heavy (non-hydrogen) atoms. The molecule has 2 aromatic carbocycles. The number of nitrogens with zero attached hydrogens (tertiary/aromatic N) is 1. The predicted octanol–water partition coefficient (Wildman–Crippen LogP) is 6.60. The van der Waals surface area contributed by atoms with E-state index in [-0.39, 0.29) is 24.1 Å². The minimum absolute atomic E-state index is 0.135. The molecule has 0 spiro atoms. The Bertz CT molecular complexity index is 947. The van der Waals surface area contributed by atoms with Gasteiger partial charge in [0.15, 0.2) is 0 Å². The van der Waals surface area contributed by atoms with Crippen LogP contribution in [0, 0.1) is 0 Å². The second-order valence-electron chi connectivity index (χ2n) is 8.50. The van der Waals surface area contributed by atoms with Crippen LogP contribution in [0.5, 0.6) is 0 Å². The van der Waals surface area contributed by atoms with E-state index in [9.17, 15) is 9.59 Å². The molecule has 174 valence electrons. The van der Waals surface area contributed by atoms with E-state index in [1.54, 1.807) is 23.1 Å². The van der Waals surface area contributed by atoms with Gasteiger partial charge in [-0.25, -0.2) is 0 Å². The smallest absolute Gasteiger partial charge is 0.243 e. The van der Waals surface area contributed by atoms with E-state index in [4.69, 9.17) is 34.8 Å². The molecule has 4 nitrogen and oxygen atoms in total. The second-order valence-corrected chi connectivity index (χ2v) is 10.7. The summed E-state index contributed by atoms with van der Waals surface area (Å²) in [4.78, 5) is 27.9. The average Bonchev–Trinajstić information content (AvgIpc) is 2.69. The summed E-state index contributed by atoms with van der Waals surface area (Å²) in [7, 11) is 0. The van der Waals surface area contributed by atoms with Crippen molar-refractivity contribution in [3.8, 4) is 0 Å². The van der Waals surface area contributed by atoms with E-state index >= 15 is 0 Å². The summed E-state index contributed by atoms with van der Waals surface area (Å²) in [6.07, 6.45) is 0.480. The van der Waals surface area contributed by atoms with E-state index in [0.29, 0.717) is 27.2 Å². The number of carbonyl (C=O) groups excluding carboxylic acids is 2. The molecule has 1 N–H and O–H groups in total. The zero-order valence-corrected chi connectivity index (χ0v) is 21.8. The first kappa shape index (κ1) is 26.8. The lowest BCUT2D eigenvalue weighted by Gasteiger charge is -2.33. The Morgan fingerprint density at radius 3 is 2.31 bits per heavy atom. The molecular formula is C24H29Cl3N2O2S. The minimum Gasteiger partial charge on any atom is -0.350 e. The van der Waals surface area contributed by atoms with Crippen molar-refractivity contribution in [1.82, 2.24) is 10.2 Å². The van der Waals surface area contributed by atoms with Crippen LogP contribution in [0.2, 0.25) is 15.1 Å². The molecule has 0 saturated carbocycles. The molecule has 2 amide bonds. The van der Waals surface area contributed by atoms with Gasteiger partial charge in [-0.15, -0.1) is 11.8 Å². The van der Waals surface area contributed by atoms with Crippen molar-refractivity contribution in [3.63, 3.8) is 0 Å². The molecule has 0 aromatic heterocycles. The fourth-order valence-electron chi connectivity index (χ4n) is 3.15. The molecule has 0 bridgehead atoms. The standard InChI is InChI=1S/C24H29Cl3N2O2S/c1-5-21(23(31)28-24(2,3)4)29(13-16-10-11-18(25)12-20(16)27)22(30)15-32-14-17-8-6-7-9-19(17)26/h6-12,21H,5,13-15H2,1-4H3,(H,28,31)/t21-/m0/s1. The van der Waals surface area contributed by atoms with Crippen LogP contribution in [0.3, 0.4) is 0 Å². The van der Waals surface area contributed by atoms with Crippen LogP contribution in [-0.4, -0.2) is 34.0 Å². The highest BCUT2D eigenvalue weighted by Gasteiger charge is 2.31. The molecule has 0 aliphatic carbocycles. The van der Waals surface area contributed by atoms with Crippen LogP contribution in [0.1, 0.15) is 45.2 Å². The quantitative estimate of drug-likeness (QED) is 0.409. The molecule has 0 aliphatic rings. The van der Waals surface area contributed by atoms with Gasteiger partial charge >= 0.3 is 0 Å². The molecule has 0 saturated heterocycles. The van der Waals surface area contributed by atoms with Gasteiger partial charge in [-0.05, 0) is 56.5 Å². The number of halogens is 3. The van der Waals surface area contributed by atoms with Crippen LogP contribution < -0.4 is 5.32 Å². The Morgan fingerprint density at radius 1 is 1.03 bits per heavy atom. The fraction of sp³-hybridized carbons (Fsp3) is 0.417. The summed E-state index contributed by atoms with van der Waals surface area (Å²) < 4.78 is 0. The van der Waals surface area contributed by atoms with Crippen LogP contribution in [0.15, 0.2) is 42.5 Å². The minimum atomic E-state index is -0.616. The van der Waals surface area contributed by atoms with Gasteiger partial charge in [0.05, 0.1) is 5.75 Å². The highest BCUT2D eigenvalue weighted by Crippen LogP contribution is 2.25. The van der Waals surface area contributed by atoms with E-state index in [1.165, 1.54) is 11.8 Å². The summed E-state index contributed by atoms with van der Waals surface area (Å²) in [5.41, 5.74) is 1.30. The van der Waals surface area contributed by atoms with E-state index in [1.807, 2.05) is 52.0 Å². The summed E-state index contributed by atoms with van der Waals surface area (Å²) >= 11 is 20.1. The van der Waals surface area contributed by atoms with Crippen molar-refractivity contribution in [1.29, 1.82) is 0 Å². The predicted molar refractivity (Wildman–Crippen MR) is 137 cm³/mol. The molecule has 8 heteroatoms.